The summed E-state index contributed by atoms with van der Waals surface area (Å²) in [5.41, 5.74) is 0.351. The van der Waals surface area contributed by atoms with E-state index in [4.69, 9.17) is 4.74 Å². The van der Waals surface area contributed by atoms with Gasteiger partial charge in [0, 0.05) is 24.0 Å². The summed E-state index contributed by atoms with van der Waals surface area (Å²) >= 11 is 0. The maximum Gasteiger partial charge on any atom is 0.300 e. The van der Waals surface area contributed by atoms with Gasteiger partial charge in [-0.1, -0.05) is 0 Å². The first kappa shape index (κ1) is 17.5. The van der Waals surface area contributed by atoms with E-state index in [-0.39, 0.29) is 11.6 Å². The van der Waals surface area contributed by atoms with Gasteiger partial charge in [-0.05, 0) is 49.4 Å². The fourth-order valence-corrected chi connectivity index (χ4v) is 4.14. The Morgan fingerprint density at radius 1 is 1.14 bits per heavy atom. The standard InChI is InChI=1S/C21H17FN4O3/c1-21-10-9-17(27)25(21)16-11-13(22)5-8-15(16)19-23-20(28)18(24-26(19)21)12-3-6-14(29-2)7-4-12/h3-8,11H,9-10H2,1-2H3/t21-/m1/s1. The number of methoxy groups -OCH3 is 1. The van der Waals surface area contributed by atoms with Gasteiger partial charge in [0.2, 0.25) is 5.91 Å². The highest BCUT2D eigenvalue weighted by Gasteiger charge is 2.50. The summed E-state index contributed by atoms with van der Waals surface area (Å²) in [5, 5.41) is 4.62. The van der Waals surface area contributed by atoms with Gasteiger partial charge in [-0.25, -0.2) is 9.07 Å². The number of hydrogen-bond acceptors (Lipinski definition) is 5. The number of nitrogens with zero attached hydrogens (tertiary/aromatic N) is 4. The quantitative estimate of drug-likeness (QED) is 0.670. The molecule has 146 valence electrons. The van der Waals surface area contributed by atoms with E-state index in [1.165, 1.54) is 18.2 Å². The van der Waals surface area contributed by atoms with E-state index in [0.717, 1.165) is 0 Å². The monoisotopic (exact) mass is 392 g/mol. The third kappa shape index (κ3) is 2.41. The molecule has 2 aliphatic rings. The van der Waals surface area contributed by atoms with Crippen molar-refractivity contribution in [1.29, 1.82) is 0 Å². The van der Waals surface area contributed by atoms with Gasteiger partial charge < -0.3 is 4.74 Å². The minimum atomic E-state index is -0.866. The lowest BCUT2D eigenvalue weighted by Crippen LogP contribution is -2.51. The van der Waals surface area contributed by atoms with Crippen LogP contribution in [0.1, 0.15) is 19.8 Å². The van der Waals surface area contributed by atoms with Gasteiger partial charge in [0.15, 0.2) is 11.5 Å². The molecule has 0 bridgehead atoms. The largest absolute Gasteiger partial charge is 0.497 e. The molecule has 1 fully saturated rings. The Bertz CT molecular complexity index is 1220. The maximum atomic E-state index is 14.0. The average molecular weight is 392 g/mol. The molecule has 1 amide bonds. The number of aromatic nitrogens is 3. The first-order valence-corrected chi connectivity index (χ1v) is 9.21. The zero-order valence-electron chi connectivity index (χ0n) is 15.8. The van der Waals surface area contributed by atoms with Crippen molar-refractivity contribution in [2.75, 3.05) is 12.0 Å². The first-order chi connectivity index (χ1) is 13.9. The zero-order valence-corrected chi connectivity index (χ0v) is 15.8. The molecule has 2 aliphatic heterocycles. The first-order valence-electron chi connectivity index (χ1n) is 9.21. The summed E-state index contributed by atoms with van der Waals surface area (Å²) in [7, 11) is 1.56. The van der Waals surface area contributed by atoms with Gasteiger partial charge in [-0.2, -0.15) is 10.1 Å². The Morgan fingerprint density at radius 3 is 2.62 bits per heavy atom. The lowest BCUT2D eigenvalue weighted by molar-refractivity contribution is -0.117. The predicted octanol–water partition coefficient (Wildman–Crippen LogP) is 2.93. The SMILES string of the molecule is COc1ccc(-c2nn3c(nc2=O)-c2ccc(F)cc2N2C(=O)CC[C@]23C)cc1. The molecule has 3 aromatic rings. The Kier molecular flexibility index (Phi) is 3.61. The normalized spacial score (nSPS) is 19.6. The number of anilines is 1. The van der Waals surface area contributed by atoms with Crippen LogP contribution in [0, 0.1) is 5.82 Å². The van der Waals surface area contributed by atoms with Crippen molar-refractivity contribution in [2.45, 2.75) is 25.4 Å². The van der Waals surface area contributed by atoms with Gasteiger partial charge in [-0.3, -0.25) is 14.5 Å². The minimum absolute atomic E-state index is 0.114. The van der Waals surface area contributed by atoms with E-state index in [9.17, 15) is 14.0 Å². The average Bonchev–Trinajstić information content (AvgIpc) is 3.03. The van der Waals surface area contributed by atoms with E-state index in [2.05, 4.69) is 10.1 Å². The number of hydrogen-bond donors (Lipinski definition) is 0. The molecule has 2 aromatic carbocycles. The van der Waals surface area contributed by atoms with Crippen LogP contribution in [0.3, 0.4) is 0 Å². The summed E-state index contributed by atoms with van der Waals surface area (Å²) in [5.74, 6) is 0.423. The molecule has 1 atom stereocenters. The van der Waals surface area contributed by atoms with E-state index in [1.807, 2.05) is 6.92 Å². The van der Waals surface area contributed by atoms with Crippen molar-refractivity contribution >= 4 is 11.6 Å². The van der Waals surface area contributed by atoms with Gasteiger partial charge >= 0.3 is 0 Å². The highest BCUT2D eigenvalue weighted by Crippen LogP contribution is 2.47. The van der Waals surface area contributed by atoms with Crippen molar-refractivity contribution in [1.82, 2.24) is 14.8 Å². The fraction of sp³-hybridized carbons (Fsp3) is 0.238. The predicted molar refractivity (Wildman–Crippen MR) is 104 cm³/mol. The van der Waals surface area contributed by atoms with Crippen molar-refractivity contribution in [3.8, 4) is 28.4 Å². The van der Waals surface area contributed by atoms with Crippen LogP contribution in [0.15, 0.2) is 47.3 Å². The van der Waals surface area contributed by atoms with Crippen LogP contribution in [0.4, 0.5) is 10.1 Å². The molecule has 29 heavy (non-hydrogen) atoms. The Balaban J connectivity index is 1.78. The Hall–Kier alpha value is -3.55. The van der Waals surface area contributed by atoms with Crippen LogP contribution in [-0.4, -0.2) is 27.8 Å². The molecule has 0 unspecified atom stereocenters. The number of rotatable bonds is 2. The molecule has 8 heteroatoms. The van der Waals surface area contributed by atoms with Crippen LogP contribution in [0.25, 0.3) is 22.6 Å². The second-order valence-electron chi connectivity index (χ2n) is 7.34. The van der Waals surface area contributed by atoms with E-state index >= 15 is 0 Å². The Morgan fingerprint density at radius 2 is 1.90 bits per heavy atom. The molecule has 0 spiro atoms. The van der Waals surface area contributed by atoms with Gasteiger partial charge in [-0.15, -0.1) is 0 Å². The van der Waals surface area contributed by atoms with Gasteiger partial charge in [0.25, 0.3) is 5.56 Å². The van der Waals surface area contributed by atoms with Crippen molar-refractivity contribution < 1.29 is 13.9 Å². The summed E-state index contributed by atoms with van der Waals surface area (Å²) < 4.78 is 20.7. The Labute approximate surface area is 165 Å². The second kappa shape index (κ2) is 5.97. The maximum absolute atomic E-state index is 14.0. The summed E-state index contributed by atoms with van der Waals surface area (Å²) in [6, 6.07) is 11.1. The van der Waals surface area contributed by atoms with Crippen molar-refractivity contribution in [3.05, 3.63) is 58.6 Å². The number of carbonyl (C=O) groups is 1. The topological polar surface area (TPSA) is 77.3 Å². The number of ether oxygens (including phenoxy) is 1. The van der Waals surface area contributed by atoms with Crippen LogP contribution >= 0.6 is 0 Å². The third-order valence-electron chi connectivity index (χ3n) is 5.62. The highest BCUT2D eigenvalue weighted by molar-refractivity contribution is 6.01. The van der Waals surface area contributed by atoms with E-state index in [0.29, 0.717) is 41.2 Å². The molecular weight excluding hydrogens is 375 g/mol. The third-order valence-corrected chi connectivity index (χ3v) is 5.62. The lowest BCUT2D eigenvalue weighted by atomic mass is 10.0. The molecule has 7 nitrogen and oxygen atoms in total. The van der Waals surface area contributed by atoms with Gasteiger partial charge in [0.1, 0.15) is 17.2 Å². The number of fused-ring (bicyclic) bond motifs is 6. The zero-order chi connectivity index (χ0) is 20.3. The van der Waals surface area contributed by atoms with Crippen molar-refractivity contribution in [2.24, 2.45) is 0 Å². The number of amides is 1. The number of benzene rings is 2. The smallest absolute Gasteiger partial charge is 0.300 e. The number of carbonyl (C=O) groups excluding carboxylic acids is 1. The van der Waals surface area contributed by atoms with Crippen LogP contribution in [0.5, 0.6) is 5.75 Å². The van der Waals surface area contributed by atoms with E-state index in [1.54, 1.807) is 41.0 Å². The van der Waals surface area contributed by atoms with E-state index < -0.39 is 17.0 Å². The molecule has 5 rings (SSSR count). The van der Waals surface area contributed by atoms with Gasteiger partial charge in [0.05, 0.1) is 12.8 Å². The molecule has 1 saturated heterocycles. The molecule has 3 heterocycles. The summed E-state index contributed by atoms with van der Waals surface area (Å²) in [4.78, 5) is 31.3. The van der Waals surface area contributed by atoms with Crippen molar-refractivity contribution in [3.63, 3.8) is 0 Å². The molecule has 0 N–H and O–H groups in total. The fourth-order valence-electron chi connectivity index (χ4n) is 4.14. The molecular formula is C21H17FN4O3. The lowest BCUT2D eigenvalue weighted by Gasteiger charge is -2.42. The minimum Gasteiger partial charge on any atom is -0.497 e. The number of halogens is 1. The molecule has 0 aliphatic carbocycles. The highest BCUT2D eigenvalue weighted by atomic mass is 19.1. The second-order valence-corrected chi connectivity index (χ2v) is 7.34. The molecule has 0 radical (unpaired) electrons. The molecule has 1 aromatic heterocycles. The van der Waals surface area contributed by atoms with Crippen LogP contribution in [-0.2, 0) is 10.5 Å². The molecule has 0 saturated carbocycles. The van der Waals surface area contributed by atoms with Crippen LogP contribution < -0.4 is 15.2 Å². The summed E-state index contributed by atoms with van der Waals surface area (Å²) in [6.45, 7) is 1.85. The summed E-state index contributed by atoms with van der Waals surface area (Å²) in [6.07, 6.45) is 0.784. The van der Waals surface area contributed by atoms with Crippen LogP contribution in [0.2, 0.25) is 0 Å².